The van der Waals surface area contributed by atoms with Crippen LogP contribution in [0, 0.1) is 0 Å². The molecular formula is C13H14F3N3O. The van der Waals surface area contributed by atoms with E-state index in [2.05, 4.69) is 15.0 Å². The van der Waals surface area contributed by atoms with Crippen LogP contribution in [0.3, 0.4) is 0 Å². The van der Waals surface area contributed by atoms with Crippen LogP contribution in [0.5, 0.6) is 0 Å². The molecule has 0 aliphatic heterocycles. The zero-order chi connectivity index (χ0) is 14.6. The molecular weight excluding hydrogens is 271 g/mol. The van der Waals surface area contributed by atoms with E-state index >= 15 is 0 Å². The van der Waals surface area contributed by atoms with Gasteiger partial charge >= 0.3 is 6.18 Å². The summed E-state index contributed by atoms with van der Waals surface area (Å²) < 4.78 is 40.2. The number of hydrogen-bond acceptors (Lipinski definition) is 4. The minimum absolute atomic E-state index is 0.0295. The number of benzene rings is 1. The number of nitrogens with two attached hydrogens (primary N) is 1. The second kappa shape index (κ2) is 5.96. The highest BCUT2D eigenvalue weighted by atomic mass is 19.4. The molecule has 1 aromatic carbocycles. The average molecular weight is 285 g/mol. The Hall–Kier alpha value is -2.02. The SMILES string of the molecule is Nc1ccc2c(NCCOCC(F)(F)F)ccnc2c1. The lowest BCUT2D eigenvalue weighted by atomic mass is 10.1. The lowest BCUT2D eigenvalue weighted by Gasteiger charge is -2.11. The maximum absolute atomic E-state index is 11.9. The van der Waals surface area contributed by atoms with Crippen LogP contribution in [0.15, 0.2) is 30.5 Å². The average Bonchev–Trinajstić information content (AvgIpc) is 2.36. The van der Waals surface area contributed by atoms with Crippen LogP contribution in [0.4, 0.5) is 24.5 Å². The van der Waals surface area contributed by atoms with Gasteiger partial charge in [0.15, 0.2) is 0 Å². The quantitative estimate of drug-likeness (QED) is 0.655. The fraction of sp³-hybridized carbons (Fsp3) is 0.308. The van der Waals surface area contributed by atoms with E-state index in [1.165, 1.54) is 0 Å². The Balaban J connectivity index is 1.93. The smallest absolute Gasteiger partial charge is 0.399 e. The van der Waals surface area contributed by atoms with E-state index < -0.39 is 12.8 Å². The van der Waals surface area contributed by atoms with Crippen LogP contribution in [0.1, 0.15) is 0 Å². The van der Waals surface area contributed by atoms with Gasteiger partial charge in [-0.25, -0.2) is 0 Å². The van der Waals surface area contributed by atoms with Gasteiger partial charge in [-0.1, -0.05) is 0 Å². The fourth-order valence-electron chi connectivity index (χ4n) is 1.77. The van der Waals surface area contributed by atoms with E-state index in [4.69, 9.17) is 5.73 Å². The summed E-state index contributed by atoms with van der Waals surface area (Å²) in [7, 11) is 0. The number of anilines is 2. The summed E-state index contributed by atoms with van der Waals surface area (Å²) >= 11 is 0. The summed E-state index contributed by atoms with van der Waals surface area (Å²) in [6.07, 6.45) is -2.68. The Bertz CT molecular complexity index is 587. The van der Waals surface area contributed by atoms with E-state index in [9.17, 15) is 13.2 Å². The van der Waals surface area contributed by atoms with Crippen LogP contribution < -0.4 is 11.1 Å². The molecule has 0 saturated heterocycles. The lowest BCUT2D eigenvalue weighted by Crippen LogP contribution is -2.20. The van der Waals surface area contributed by atoms with Gasteiger partial charge in [0.25, 0.3) is 0 Å². The lowest BCUT2D eigenvalue weighted by molar-refractivity contribution is -0.172. The molecule has 0 radical (unpaired) electrons. The summed E-state index contributed by atoms with van der Waals surface area (Å²) in [4.78, 5) is 4.18. The van der Waals surface area contributed by atoms with Crippen LogP contribution in [0.2, 0.25) is 0 Å². The standard InChI is InChI=1S/C13H14F3N3O/c14-13(15,16)8-20-6-5-19-11-3-4-18-12-7-9(17)1-2-10(11)12/h1-4,7H,5-6,8,17H2,(H,18,19). The molecule has 0 atom stereocenters. The van der Waals surface area contributed by atoms with Gasteiger partial charge in [-0.05, 0) is 24.3 Å². The van der Waals surface area contributed by atoms with E-state index in [-0.39, 0.29) is 13.2 Å². The zero-order valence-corrected chi connectivity index (χ0v) is 10.6. The van der Waals surface area contributed by atoms with Gasteiger partial charge in [0.2, 0.25) is 0 Å². The number of fused-ring (bicyclic) bond motifs is 1. The molecule has 0 aliphatic carbocycles. The summed E-state index contributed by atoms with van der Waals surface area (Å²) in [5.74, 6) is 0. The molecule has 0 unspecified atom stereocenters. The first kappa shape index (κ1) is 14.4. The van der Waals surface area contributed by atoms with Crippen molar-refractivity contribution in [2.75, 3.05) is 30.8 Å². The molecule has 0 spiro atoms. The molecule has 0 saturated carbocycles. The Morgan fingerprint density at radius 2 is 2.05 bits per heavy atom. The van der Waals surface area contributed by atoms with E-state index in [0.29, 0.717) is 5.69 Å². The van der Waals surface area contributed by atoms with Crippen molar-refractivity contribution in [2.45, 2.75) is 6.18 Å². The highest BCUT2D eigenvalue weighted by molar-refractivity contribution is 5.92. The highest BCUT2D eigenvalue weighted by Crippen LogP contribution is 2.23. The van der Waals surface area contributed by atoms with E-state index in [1.54, 1.807) is 24.4 Å². The minimum atomic E-state index is -4.29. The van der Waals surface area contributed by atoms with Gasteiger partial charge in [-0.15, -0.1) is 0 Å². The molecule has 4 nitrogen and oxygen atoms in total. The van der Waals surface area contributed by atoms with Crippen molar-refractivity contribution in [3.05, 3.63) is 30.5 Å². The van der Waals surface area contributed by atoms with E-state index in [0.717, 1.165) is 16.6 Å². The molecule has 2 aromatic rings. The first-order valence-corrected chi connectivity index (χ1v) is 5.98. The van der Waals surface area contributed by atoms with Crippen molar-refractivity contribution < 1.29 is 17.9 Å². The molecule has 0 bridgehead atoms. The second-order valence-corrected chi connectivity index (χ2v) is 4.23. The molecule has 0 fully saturated rings. The predicted molar refractivity (Wildman–Crippen MR) is 71.5 cm³/mol. The first-order valence-electron chi connectivity index (χ1n) is 5.98. The Labute approximate surface area is 113 Å². The van der Waals surface area contributed by atoms with Gasteiger partial charge < -0.3 is 15.8 Å². The highest BCUT2D eigenvalue weighted by Gasteiger charge is 2.27. The van der Waals surface area contributed by atoms with Crippen molar-refractivity contribution in [3.63, 3.8) is 0 Å². The number of aromatic nitrogens is 1. The number of nitrogens with one attached hydrogen (secondary N) is 1. The van der Waals surface area contributed by atoms with E-state index in [1.807, 2.05) is 6.07 Å². The van der Waals surface area contributed by atoms with Crippen LogP contribution in [-0.4, -0.2) is 30.9 Å². The summed E-state index contributed by atoms with van der Waals surface area (Å²) in [5, 5.41) is 3.88. The van der Waals surface area contributed by atoms with Crippen molar-refractivity contribution in [3.8, 4) is 0 Å². The molecule has 108 valence electrons. The second-order valence-electron chi connectivity index (χ2n) is 4.23. The summed E-state index contributed by atoms with van der Waals surface area (Å²) in [5.41, 5.74) is 7.79. The maximum Gasteiger partial charge on any atom is 0.411 e. The Morgan fingerprint density at radius 1 is 1.25 bits per heavy atom. The third-order valence-corrected chi connectivity index (χ3v) is 2.59. The summed E-state index contributed by atoms with van der Waals surface area (Å²) in [6, 6.07) is 7.05. The predicted octanol–water partition coefficient (Wildman–Crippen LogP) is 2.81. The number of rotatable bonds is 5. The van der Waals surface area contributed by atoms with Crippen molar-refractivity contribution in [1.29, 1.82) is 0 Å². The van der Waals surface area contributed by atoms with Crippen LogP contribution in [0.25, 0.3) is 10.9 Å². The van der Waals surface area contributed by atoms with Crippen LogP contribution >= 0.6 is 0 Å². The van der Waals surface area contributed by atoms with Gasteiger partial charge in [-0.2, -0.15) is 13.2 Å². The molecule has 0 amide bonds. The number of alkyl halides is 3. The molecule has 20 heavy (non-hydrogen) atoms. The third-order valence-electron chi connectivity index (χ3n) is 2.59. The number of pyridine rings is 1. The molecule has 2 rings (SSSR count). The molecule has 7 heteroatoms. The monoisotopic (exact) mass is 285 g/mol. The van der Waals surface area contributed by atoms with Crippen LogP contribution in [-0.2, 0) is 4.74 Å². The molecule has 1 heterocycles. The summed E-state index contributed by atoms with van der Waals surface area (Å²) in [6.45, 7) is -0.986. The van der Waals surface area contributed by atoms with Gasteiger partial charge in [0, 0.05) is 29.5 Å². The van der Waals surface area contributed by atoms with Gasteiger partial charge in [-0.3, -0.25) is 4.98 Å². The fourth-order valence-corrected chi connectivity index (χ4v) is 1.77. The van der Waals surface area contributed by atoms with Crippen molar-refractivity contribution in [1.82, 2.24) is 4.98 Å². The Morgan fingerprint density at radius 3 is 2.80 bits per heavy atom. The number of nitrogens with zero attached hydrogens (tertiary/aromatic N) is 1. The largest absolute Gasteiger partial charge is 0.411 e. The number of nitrogen functional groups attached to an aromatic ring is 1. The number of halogens is 3. The topological polar surface area (TPSA) is 60.2 Å². The number of ether oxygens (including phenoxy) is 1. The molecule has 3 N–H and O–H groups in total. The van der Waals surface area contributed by atoms with Gasteiger partial charge in [0.05, 0.1) is 12.1 Å². The maximum atomic E-state index is 11.9. The third kappa shape index (κ3) is 3.99. The van der Waals surface area contributed by atoms with Crippen molar-refractivity contribution in [2.24, 2.45) is 0 Å². The van der Waals surface area contributed by atoms with Gasteiger partial charge in [0.1, 0.15) is 6.61 Å². The Kier molecular flexibility index (Phi) is 4.29. The molecule has 1 aromatic heterocycles. The van der Waals surface area contributed by atoms with Crippen molar-refractivity contribution >= 4 is 22.3 Å². The number of hydrogen-bond donors (Lipinski definition) is 2. The normalized spacial score (nSPS) is 11.8. The first-order chi connectivity index (χ1) is 9.46. The minimum Gasteiger partial charge on any atom is -0.399 e. The zero-order valence-electron chi connectivity index (χ0n) is 10.6. The molecule has 0 aliphatic rings.